The number of hydrogen-bond acceptors (Lipinski definition) is 2. The molecule has 0 aliphatic heterocycles. The largest absolute Gasteiger partial charge is 0.377 e. The molecule has 0 aliphatic rings. The Bertz CT molecular complexity index is 270. The number of aromatic nitrogens is 2. The van der Waals surface area contributed by atoms with Crippen LogP contribution in [0.1, 0.15) is 19.5 Å². The second-order valence-corrected chi connectivity index (χ2v) is 3.88. The third-order valence-corrected chi connectivity index (χ3v) is 2.31. The monoisotopic (exact) mass is 202 g/mol. The Morgan fingerprint density at radius 3 is 2.85 bits per heavy atom. The zero-order valence-corrected chi connectivity index (χ0v) is 9.01. The van der Waals surface area contributed by atoms with Crippen molar-refractivity contribution in [3.05, 3.63) is 18.2 Å². The summed E-state index contributed by atoms with van der Waals surface area (Å²) in [5.41, 5.74) is 0.841. The molecule has 0 saturated carbocycles. The van der Waals surface area contributed by atoms with Gasteiger partial charge in [0.2, 0.25) is 0 Å². The van der Waals surface area contributed by atoms with Gasteiger partial charge in [-0.05, 0) is 13.8 Å². The second-order valence-electron chi connectivity index (χ2n) is 3.61. The van der Waals surface area contributed by atoms with E-state index in [1.807, 2.05) is 18.4 Å². The molecule has 1 heterocycles. The molecule has 0 radical (unpaired) electrons. The first-order chi connectivity index (χ1) is 6.09. The maximum absolute atomic E-state index is 5.74. The zero-order valence-electron chi connectivity index (χ0n) is 8.25. The topological polar surface area (TPSA) is 27.1 Å². The van der Waals surface area contributed by atoms with Gasteiger partial charge in [0, 0.05) is 13.3 Å². The highest BCUT2D eigenvalue weighted by molar-refractivity contribution is 6.16. The van der Waals surface area contributed by atoms with E-state index in [1.165, 1.54) is 0 Å². The molecule has 0 saturated heterocycles. The van der Waals surface area contributed by atoms with Gasteiger partial charge in [0.1, 0.15) is 0 Å². The van der Waals surface area contributed by atoms with E-state index in [-0.39, 0.29) is 5.60 Å². The SMILES string of the molecule is COC(C)(C)Cn1cncc1CCl. The molecule has 74 valence electrons. The summed E-state index contributed by atoms with van der Waals surface area (Å²) < 4.78 is 7.33. The van der Waals surface area contributed by atoms with Crippen molar-refractivity contribution in [1.82, 2.24) is 9.55 Å². The molecule has 0 N–H and O–H groups in total. The predicted octanol–water partition coefficient (Wildman–Crippen LogP) is 2.05. The van der Waals surface area contributed by atoms with E-state index in [0.29, 0.717) is 5.88 Å². The fraction of sp³-hybridized carbons (Fsp3) is 0.667. The van der Waals surface area contributed by atoms with Gasteiger partial charge >= 0.3 is 0 Å². The lowest BCUT2D eigenvalue weighted by Crippen LogP contribution is -2.29. The molecule has 1 aromatic rings. The van der Waals surface area contributed by atoms with Crippen LogP contribution in [0.2, 0.25) is 0 Å². The van der Waals surface area contributed by atoms with Crippen LogP contribution in [0, 0.1) is 0 Å². The van der Waals surface area contributed by atoms with Crippen LogP contribution in [-0.2, 0) is 17.2 Å². The van der Waals surface area contributed by atoms with E-state index < -0.39 is 0 Å². The van der Waals surface area contributed by atoms with Crippen LogP contribution >= 0.6 is 11.6 Å². The van der Waals surface area contributed by atoms with Gasteiger partial charge in [-0.15, -0.1) is 11.6 Å². The Hall–Kier alpha value is -0.540. The van der Waals surface area contributed by atoms with Crippen LogP contribution in [0.15, 0.2) is 12.5 Å². The summed E-state index contributed by atoms with van der Waals surface area (Å²) in [5.74, 6) is 0.486. The highest BCUT2D eigenvalue weighted by Gasteiger charge is 2.18. The first kappa shape index (κ1) is 10.5. The van der Waals surface area contributed by atoms with Crippen molar-refractivity contribution in [3.8, 4) is 0 Å². The van der Waals surface area contributed by atoms with Gasteiger partial charge in [-0.1, -0.05) is 0 Å². The molecule has 0 atom stereocenters. The number of methoxy groups -OCH3 is 1. The molecule has 3 nitrogen and oxygen atoms in total. The van der Waals surface area contributed by atoms with Crippen molar-refractivity contribution in [3.63, 3.8) is 0 Å². The molecule has 0 aromatic carbocycles. The Balaban J connectivity index is 2.73. The molecular formula is C9H15ClN2O. The van der Waals surface area contributed by atoms with Crippen molar-refractivity contribution in [2.45, 2.75) is 31.9 Å². The van der Waals surface area contributed by atoms with Crippen LogP contribution in [0.4, 0.5) is 0 Å². The third-order valence-electron chi connectivity index (χ3n) is 2.04. The Morgan fingerprint density at radius 1 is 1.62 bits per heavy atom. The molecule has 13 heavy (non-hydrogen) atoms. The van der Waals surface area contributed by atoms with E-state index in [0.717, 1.165) is 12.2 Å². The Labute approximate surface area is 83.7 Å². The van der Waals surface area contributed by atoms with Gasteiger partial charge in [0.25, 0.3) is 0 Å². The van der Waals surface area contributed by atoms with Gasteiger partial charge in [-0.25, -0.2) is 4.98 Å². The summed E-state index contributed by atoms with van der Waals surface area (Å²) in [6.07, 6.45) is 3.55. The Morgan fingerprint density at radius 2 is 2.31 bits per heavy atom. The van der Waals surface area contributed by atoms with Crippen LogP contribution in [0.3, 0.4) is 0 Å². The maximum atomic E-state index is 5.74. The normalized spacial score (nSPS) is 12.0. The summed E-state index contributed by atoms with van der Waals surface area (Å²) in [6, 6.07) is 0. The van der Waals surface area contributed by atoms with Crippen molar-refractivity contribution in [2.24, 2.45) is 0 Å². The van der Waals surface area contributed by atoms with Gasteiger partial charge in [0.05, 0.1) is 30.0 Å². The van der Waals surface area contributed by atoms with Crippen molar-refractivity contribution in [2.75, 3.05) is 7.11 Å². The van der Waals surface area contributed by atoms with E-state index in [9.17, 15) is 0 Å². The van der Waals surface area contributed by atoms with E-state index in [2.05, 4.69) is 4.98 Å². The minimum Gasteiger partial charge on any atom is -0.377 e. The van der Waals surface area contributed by atoms with Crippen LogP contribution in [0.25, 0.3) is 0 Å². The van der Waals surface area contributed by atoms with Crippen LogP contribution in [-0.4, -0.2) is 22.3 Å². The third kappa shape index (κ3) is 2.71. The lowest BCUT2D eigenvalue weighted by molar-refractivity contribution is 0.00769. The van der Waals surface area contributed by atoms with E-state index in [4.69, 9.17) is 16.3 Å². The molecular weight excluding hydrogens is 188 g/mol. The molecule has 0 bridgehead atoms. The van der Waals surface area contributed by atoms with Crippen molar-refractivity contribution < 1.29 is 4.74 Å². The highest BCUT2D eigenvalue weighted by atomic mass is 35.5. The number of nitrogens with zero attached hydrogens (tertiary/aromatic N) is 2. The highest BCUT2D eigenvalue weighted by Crippen LogP contribution is 2.13. The summed E-state index contributed by atoms with van der Waals surface area (Å²) >= 11 is 5.74. The number of hydrogen-bond donors (Lipinski definition) is 0. The summed E-state index contributed by atoms with van der Waals surface area (Å²) in [4.78, 5) is 4.03. The van der Waals surface area contributed by atoms with Gasteiger partial charge in [0.15, 0.2) is 0 Å². The van der Waals surface area contributed by atoms with Crippen molar-refractivity contribution in [1.29, 1.82) is 0 Å². The van der Waals surface area contributed by atoms with Gasteiger partial charge in [-0.3, -0.25) is 0 Å². The summed E-state index contributed by atoms with van der Waals surface area (Å²) in [7, 11) is 1.71. The minimum absolute atomic E-state index is 0.179. The van der Waals surface area contributed by atoms with E-state index in [1.54, 1.807) is 19.6 Å². The predicted molar refractivity (Wildman–Crippen MR) is 52.9 cm³/mol. The molecule has 1 rings (SSSR count). The minimum atomic E-state index is -0.179. The fourth-order valence-corrected chi connectivity index (χ4v) is 1.30. The number of imidazole rings is 1. The number of rotatable bonds is 4. The molecule has 0 spiro atoms. The average molecular weight is 203 g/mol. The fourth-order valence-electron chi connectivity index (χ4n) is 1.08. The summed E-state index contributed by atoms with van der Waals surface area (Å²) in [6.45, 7) is 4.83. The first-order valence-electron chi connectivity index (χ1n) is 4.19. The average Bonchev–Trinajstić information content (AvgIpc) is 2.51. The van der Waals surface area contributed by atoms with Gasteiger partial charge < -0.3 is 9.30 Å². The van der Waals surface area contributed by atoms with E-state index >= 15 is 0 Å². The zero-order chi connectivity index (χ0) is 9.90. The van der Waals surface area contributed by atoms with Gasteiger partial charge in [-0.2, -0.15) is 0 Å². The number of alkyl halides is 1. The lowest BCUT2D eigenvalue weighted by Gasteiger charge is -2.24. The molecule has 1 aromatic heterocycles. The Kier molecular flexibility index (Phi) is 3.33. The van der Waals surface area contributed by atoms with Crippen molar-refractivity contribution >= 4 is 11.6 Å². The maximum Gasteiger partial charge on any atom is 0.0949 e. The van der Waals surface area contributed by atoms with Crippen LogP contribution < -0.4 is 0 Å². The van der Waals surface area contributed by atoms with Crippen LogP contribution in [0.5, 0.6) is 0 Å². The molecule has 0 unspecified atom stereocenters. The molecule has 4 heteroatoms. The smallest absolute Gasteiger partial charge is 0.0949 e. The molecule has 0 amide bonds. The summed E-state index contributed by atoms with van der Waals surface area (Å²) in [5, 5.41) is 0. The number of ether oxygens (including phenoxy) is 1. The molecule has 0 aliphatic carbocycles. The standard InChI is InChI=1S/C9H15ClN2O/c1-9(2,13-3)6-12-7-11-5-8(12)4-10/h5,7H,4,6H2,1-3H3. The molecule has 0 fully saturated rings. The first-order valence-corrected chi connectivity index (χ1v) is 4.72. The second kappa shape index (κ2) is 4.11. The quantitative estimate of drug-likeness (QED) is 0.699. The number of halogens is 1. The lowest BCUT2D eigenvalue weighted by atomic mass is 10.1.